The summed E-state index contributed by atoms with van der Waals surface area (Å²) in [7, 11) is 0. The number of hydrogen-bond donors (Lipinski definition) is 2. The predicted octanol–water partition coefficient (Wildman–Crippen LogP) is 2.44. The summed E-state index contributed by atoms with van der Waals surface area (Å²) in [5.41, 5.74) is 0.548. The third kappa shape index (κ3) is 2.05. The van der Waals surface area contributed by atoms with Crippen LogP contribution in [0.25, 0.3) is 22.3 Å². The van der Waals surface area contributed by atoms with E-state index in [9.17, 15) is 19.8 Å². The maximum absolute atomic E-state index is 13.1. The van der Waals surface area contributed by atoms with Gasteiger partial charge >= 0.3 is 5.97 Å². The monoisotopic (exact) mass is 398 g/mol. The summed E-state index contributed by atoms with van der Waals surface area (Å²) < 4.78 is 6.59. The van der Waals surface area contributed by atoms with E-state index in [4.69, 9.17) is 16.3 Å². The molecule has 0 fully saturated rings. The Morgan fingerprint density at radius 3 is 2.86 bits per heavy atom. The van der Waals surface area contributed by atoms with Gasteiger partial charge in [0.25, 0.3) is 5.56 Å². The van der Waals surface area contributed by atoms with Crippen LogP contribution in [-0.2, 0) is 28.3 Å². The number of aromatic hydroxyl groups is 1. The van der Waals surface area contributed by atoms with E-state index in [0.717, 1.165) is 5.56 Å². The van der Waals surface area contributed by atoms with E-state index in [1.165, 1.54) is 10.6 Å². The van der Waals surface area contributed by atoms with Gasteiger partial charge in [-0.2, -0.15) is 0 Å². The minimum atomic E-state index is -1.86. The Hall–Kier alpha value is -2.90. The van der Waals surface area contributed by atoms with E-state index >= 15 is 0 Å². The summed E-state index contributed by atoms with van der Waals surface area (Å²) in [5.74, 6) is -0.707. The normalized spacial score (nSPS) is 19.9. The molecule has 1 aromatic carbocycles. The number of ether oxygens (including phenoxy) is 1. The number of benzene rings is 1. The molecular weight excluding hydrogens is 384 g/mol. The zero-order valence-electron chi connectivity index (χ0n) is 14.8. The molecular formula is C20H15ClN2O5. The van der Waals surface area contributed by atoms with E-state index in [0.29, 0.717) is 27.3 Å². The van der Waals surface area contributed by atoms with E-state index in [1.807, 2.05) is 0 Å². The van der Waals surface area contributed by atoms with Gasteiger partial charge in [-0.05, 0) is 30.7 Å². The molecule has 2 aliphatic rings. The molecule has 2 aromatic heterocycles. The number of phenolic OH excluding ortho intramolecular Hbond substituents is 1. The summed E-state index contributed by atoms with van der Waals surface area (Å²) in [6.07, 6.45) is 0.0828. The number of aliphatic hydroxyl groups is 1. The van der Waals surface area contributed by atoms with Crippen molar-refractivity contribution in [3.63, 3.8) is 0 Å². The van der Waals surface area contributed by atoms with Gasteiger partial charge in [0, 0.05) is 16.5 Å². The molecule has 7 nitrogen and oxygen atoms in total. The van der Waals surface area contributed by atoms with Gasteiger partial charge in [-0.15, -0.1) is 0 Å². The first-order valence-corrected chi connectivity index (χ1v) is 9.21. The van der Waals surface area contributed by atoms with Crippen LogP contribution < -0.4 is 5.56 Å². The van der Waals surface area contributed by atoms with Gasteiger partial charge in [0.15, 0.2) is 5.60 Å². The van der Waals surface area contributed by atoms with Crippen LogP contribution >= 0.6 is 11.6 Å². The fourth-order valence-electron chi connectivity index (χ4n) is 4.02. The summed E-state index contributed by atoms with van der Waals surface area (Å²) in [6.45, 7) is 1.75. The van der Waals surface area contributed by atoms with Crippen LogP contribution in [0.5, 0.6) is 5.75 Å². The highest BCUT2D eigenvalue weighted by atomic mass is 35.5. The molecule has 5 rings (SSSR count). The number of phenols is 1. The van der Waals surface area contributed by atoms with Crippen molar-refractivity contribution < 1.29 is 19.7 Å². The van der Waals surface area contributed by atoms with Crippen molar-refractivity contribution in [2.75, 3.05) is 0 Å². The lowest BCUT2D eigenvalue weighted by Gasteiger charge is -2.31. The first-order chi connectivity index (χ1) is 13.3. The van der Waals surface area contributed by atoms with Gasteiger partial charge in [0.1, 0.15) is 12.4 Å². The predicted molar refractivity (Wildman–Crippen MR) is 101 cm³/mol. The molecule has 8 heteroatoms. The first kappa shape index (κ1) is 17.2. The van der Waals surface area contributed by atoms with Gasteiger partial charge < -0.3 is 19.5 Å². The molecule has 0 radical (unpaired) electrons. The van der Waals surface area contributed by atoms with Crippen molar-refractivity contribution in [2.45, 2.75) is 32.1 Å². The highest BCUT2D eigenvalue weighted by molar-refractivity contribution is 6.35. The lowest BCUT2D eigenvalue weighted by molar-refractivity contribution is -0.172. The van der Waals surface area contributed by atoms with Crippen molar-refractivity contribution >= 4 is 28.5 Å². The molecule has 3 aromatic rings. The van der Waals surface area contributed by atoms with Crippen molar-refractivity contribution in [2.24, 2.45) is 0 Å². The van der Waals surface area contributed by atoms with Gasteiger partial charge in [-0.3, -0.25) is 4.79 Å². The zero-order valence-corrected chi connectivity index (χ0v) is 15.6. The topological polar surface area (TPSA) is 102 Å². The number of halogens is 1. The molecule has 4 heterocycles. The summed E-state index contributed by atoms with van der Waals surface area (Å²) in [5, 5.41) is 21.9. The second-order valence-electron chi connectivity index (χ2n) is 7.06. The number of fused-ring (bicyclic) bond motifs is 5. The lowest BCUT2D eigenvalue weighted by Crippen LogP contribution is -2.44. The molecule has 0 saturated carbocycles. The van der Waals surface area contributed by atoms with Gasteiger partial charge in [-0.1, -0.05) is 18.5 Å². The quantitative estimate of drug-likeness (QED) is 0.477. The Bertz CT molecular complexity index is 1270. The number of nitrogens with zero attached hydrogens (tertiary/aromatic N) is 2. The van der Waals surface area contributed by atoms with Crippen LogP contribution in [0.3, 0.4) is 0 Å². The fraction of sp³-hybridized carbons (Fsp3) is 0.250. The molecule has 2 aliphatic heterocycles. The average molecular weight is 399 g/mol. The summed E-state index contributed by atoms with van der Waals surface area (Å²) in [6, 6.07) is 6.45. The standard InChI is InChI=1S/C20H15ClN2O5/c1-2-20(27)12-6-14-16-9(5-10-15(24)4-3-13(21)17(10)22-16)7-23(14)18(25)11(12)8-28-19(20)26/h3-6,24,27H,2,7-8H2,1H3. The highest BCUT2D eigenvalue weighted by Crippen LogP contribution is 2.40. The molecule has 28 heavy (non-hydrogen) atoms. The SMILES string of the molecule is CCC1(O)C(=O)OCc2c1cc1n(c2=O)Cc2cc3c(O)ccc(Cl)c3nc2-1. The maximum Gasteiger partial charge on any atom is 0.343 e. The number of esters is 1. The fourth-order valence-corrected chi connectivity index (χ4v) is 4.23. The van der Waals surface area contributed by atoms with Crippen LogP contribution in [0.2, 0.25) is 5.02 Å². The third-order valence-electron chi connectivity index (χ3n) is 5.61. The first-order valence-electron chi connectivity index (χ1n) is 8.83. The minimum absolute atomic E-state index is 0.0525. The van der Waals surface area contributed by atoms with Crippen LogP contribution in [0, 0.1) is 0 Å². The summed E-state index contributed by atoms with van der Waals surface area (Å²) >= 11 is 6.25. The number of pyridine rings is 2. The second kappa shape index (κ2) is 5.56. The maximum atomic E-state index is 13.1. The number of hydrogen-bond acceptors (Lipinski definition) is 6. The molecule has 0 spiro atoms. The molecule has 0 saturated heterocycles. The Morgan fingerprint density at radius 2 is 2.11 bits per heavy atom. The number of cyclic esters (lactones) is 1. The van der Waals surface area contributed by atoms with Crippen LogP contribution in [-0.4, -0.2) is 25.7 Å². The zero-order chi connectivity index (χ0) is 19.8. The Labute approximate surface area is 163 Å². The average Bonchev–Trinajstić information content (AvgIpc) is 3.05. The van der Waals surface area contributed by atoms with Crippen molar-refractivity contribution in [1.82, 2.24) is 9.55 Å². The Morgan fingerprint density at radius 1 is 1.32 bits per heavy atom. The van der Waals surface area contributed by atoms with Crippen molar-refractivity contribution in [3.05, 3.63) is 56.3 Å². The van der Waals surface area contributed by atoms with Crippen LogP contribution in [0.15, 0.2) is 29.1 Å². The molecule has 0 bridgehead atoms. The molecule has 0 amide bonds. The molecule has 1 unspecified atom stereocenters. The van der Waals surface area contributed by atoms with Crippen molar-refractivity contribution in [3.8, 4) is 17.1 Å². The highest BCUT2D eigenvalue weighted by Gasteiger charge is 2.45. The molecule has 0 aliphatic carbocycles. The summed E-state index contributed by atoms with van der Waals surface area (Å²) in [4.78, 5) is 29.8. The van der Waals surface area contributed by atoms with Gasteiger partial charge in [0.2, 0.25) is 0 Å². The lowest BCUT2D eigenvalue weighted by atomic mass is 9.86. The number of rotatable bonds is 1. The van der Waals surface area contributed by atoms with Crippen LogP contribution in [0.4, 0.5) is 0 Å². The second-order valence-corrected chi connectivity index (χ2v) is 7.47. The van der Waals surface area contributed by atoms with E-state index in [1.54, 1.807) is 25.1 Å². The Kier molecular flexibility index (Phi) is 3.42. The molecule has 1 atom stereocenters. The number of carbonyl (C=O) groups excluding carboxylic acids is 1. The van der Waals surface area contributed by atoms with E-state index in [-0.39, 0.29) is 42.0 Å². The van der Waals surface area contributed by atoms with Gasteiger partial charge in [0.05, 0.1) is 34.0 Å². The molecule has 2 N–H and O–H groups in total. The largest absolute Gasteiger partial charge is 0.507 e. The Balaban J connectivity index is 1.83. The third-order valence-corrected chi connectivity index (χ3v) is 5.91. The van der Waals surface area contributed by atoms with Gasteiger partial charge in [-0.25, -0.2) is 9.78 Å². The van der Waals surface area contributed by atoms with E-state index < -0.39 is 11.6 Å². The number of carbonyl (C=O) groups is 1. The van der Waals surface area contributed by atoms with Crippen molar-refractivity contribution in [1.29, 1.82) is 0 Å². The van der Waals surface area contributed by atoms with Crippen LogP contribution in [0.1, 0.15) is 30.0 Å². The smallest absolute Gasteiger partial charge is 0.343 e. The number of aromatic nitrogens is 2. The minimum Gasteiger partial charge on any atom is -0.507 e. The van der Waals surface area contributed by atoms with E-state index in [2.05, 4.69) is 4.98 Å². The molecule has 142 valence electrons.